The molecular formula is C15H11N3O5S. The predicted octanol–water partition coefficient (Wildman–Crippen LogP) is 3.00. The summed E-state index contributed by atoms with van der Waals surface area (Å²) in [4.78, 5) is 37.3. The number of nitro groups is 1. The Labute approximate surface area is 139 Å². The molecule has 0 bridgehead atoms. The van der Waals surface area contributed by atoms with Crippen LogP contribution in [0, 0.1) is 10.1 Å². The molecule has 0 aliphatic carbocycles. The molecule has 9 heteroatoms. The summed E-state index contributed by atoms with van der Waals surface area (Å²) >= 11 is 1.38. The first-order valence-corrected chi connectivity index (χ1v) is 7.97. The van der Waals surface area contributed by atoms with Gasteiger partial charge in [0.15, 0.2) is 5.58 Å². The standard InChI is InChI=1S/C15H11N3O5S/c1-24-9-3-4-12(18(21)22)10(7-9)14(19)16-8-2-5-13-11(6-8)17-15(20)23-13/h2-7H,1H3,(H,16,19)(H,17,20). The highest BCUT2D eigenvalue weighted by molar-refractivity contribution is 7.98. The molecule has 8 nitrogen and oxygen atoms in total. The maximum atomic E-state index is 12.4. The van der Waals surface area contributed by atoms with Gasteiger partial charge in [-0.3, -0.25) is 19.9 Å². The number of carbonyl (C=O) groups is 1. The molecule has 0 atom stereocenters. The lowest BCUT2D eigenvalue weighted by Gasteiger charge is -2.07. The van der Waals surface area contributed by atoms with Gasteiger partial charge in [0.05, 0.1) is 10.4 Å². The number of nitrogens with one attached hydrogen (secondary N) is 2. The fraction of sp³-hybridized carbons (Fsp3) is 0.0667. The number of nitro benzene ring substituents is 1. The molecule has 1 amide bonds. The Morgan fingerprint density at radius 3 is 2.79 bits per heavy atom. The van der Waals surface area contributed by atoms with E-state index in [2.05, 4.69) is 10.3 Å². The maximum Gasteiger partial charge on any atom is 0.417 e. The zero-order chi connectivity index (χ0) is 17.3. The number of anilines is 1. The highest BCUT2D eigenvalue weighted by Crippen LogP contribution is 2.26. The van der Waals surface area contributed by atoms with E-state index in [1.54, 1.807) is 12.1 Å². The Balaban J connectivity index is 1.95. The van der Waals surface area contributed by atoms with Gasteiger partial charge in [-0.1, -0.05) is 0 Å². The molecule has 0 unspecified atom stereocenters. The quantitative estimate of drug-likeness (QED) is 0.426. The SMILES string of the molecule is CSc1ccc([N+](=O)[O-])c(C(=O)Nc2ccc3oc(=O)[nH]c3c2)c1. The van der Waals surface area contributed by atoms with Gasteiger partial charge in [-0.2, -0.15) is 0 Å². The van der Waals surface area contributed by atoms with Crippen molar-refractivity contribution >= 4 is 40.1 Å². The molecular weight excluding hydrogens is 334 g/mol. The van der Waals surface area contributed by atoms with Crippen LogP contribution in [0.2, 0.25) is 0 Å². The molecule has 1 aromatic heterocycles. The molecule has 24 heavy (non-hydrogen) atoms. The number of thioether (sulfide) groups is 1. The smallest absolute Gasteiger partial charge is 0.408 e. The fourth-order valence-electron chi connectivity index (χ4n) is 2.21. The molecule has 0 aliphatic heterocycles. The van der Waals surface area contributed by atoms with Crippen molar-refractivity contribution in [2.45, 2.75) is 4.90 Å². The molecule has 3 rings (SSSR count). The summed E-state index contributed by atoms with van der Waals surface area (Å²) in [5, 5.41) is 13.7. The van der Waals surface area contributed by atoms with E-state index in [1.807, 2.05) is 6.26 Å². The number of benzene rings is 2. The highest BCUT2D eigenvalue weighted by Gasteiger charge is 2.21. The molecule has 0 fully saturated rings. The van der Waals surface area contributed by atoms with Crippen molar-refractivity contribution in [1.82, 2.24) is 4.98 Å². The summed E-state index contributed by atoms with van der Waals surface area (Å²) < 4.78 is 4.88. The van der Waals surface area contributed by atoms with Crippen molar-refractivity contribution in [2.75, 3.05) is 11.6 Å². The lowest BCUT2D eigenvalue weighted by Crippen LogP contribution is -2.14. The Morgan fingerprint density at radius 1 is 1.29 bits per heavy atom. The summed E-state index contributed by atoms with van der Waals surface area (Å²) in [6.45, 7) is 0. The number of H-pyrrole nitrogens is 1. The van der Waals surface area contributed by atoms with Gasteiger partial charge in [0.25, 0.3) is 11.6 Å². The number of carbonyl (C=O) groups excluding carboxylic acids is 1. The van der Waals surface area contributed by atoms with Crippen molar-refractivity contribution in [3.63, 3.8) is 0 Å². The van der Waals surface area contributed by atoms with Crippen LogP contribution in [0.1, 0.15) is 10.4 Å². The monoisotopic (exact) mass is 345 g/mol. The van der Waals surface area contributed by atoms with Gasteiger partial charge >= 0.3 is 5.76 Å². The number of aromatic nitrogens is 1. The van der Waals surface area contributed by atoms with Gasteiger partial charge < -0.3 is 9.73 Å². The summed E-state index contributed by atoms with van der Waals surface area (Å²) in [5.41, 5.74) is 0.850. The number of aromatic amines is 1. The largest absolute Gasteiger partial charge is 0.417 e. The maximum absolute atomic E-state index is 12.4. The normalized spacial score (nSPS) is 10.7. The number of hydrogen-bond donors (Lipinski definition) is 2. The Bertz CT molecular complexity index is 1010. The van der Waals surface area contributed by atoms with E-state index < -0.39 is 16.6 Å². The molecule has 0 saturated heterocycles. The summed E-state index contributed by atoms with van der Waals surface area (Å²) in [6, 6.07) is 8.94. The van der Waals surface area contributed by atoms with Gasteiger partial charge in [-0.05, 0) is 36.6 Å². The minimum Gasteiger partial charge on any atom is -0.408 e. The van der Waals surface area contributed by atoms with E-state index in [0.29, 0.717) is 16.8 Å². The predicted molar refractivity (Wildman–Crippen MR) is 89.7 cm³/mol. The number of oxazole rings is 1. The topological polar surface area (TPSA) is 118 Å². The van der Waals surface area contributed by atoms with Gasteiger partial charge in [0, 0.05) is 16.6 Å². The molecule has 1 heterocycles. The van der Waals surface area contributed by atoms with Gasteiger partial charge in [0.1, 0.15) is 5.56 Å². The molecule has 0 radical (unpaired) electrons. The van der Waals surface area contributed by atoms with Crippen LogP contribution in [-0.4, -0.2) is 22.1 Å². The lowest BCUT2D eigenvalue weighted by molar-refractivity contribution is -0.385. The van der Waals surface area contributed by atoms with Crippen LogP contribution in [0.4, 0.5) is 11.4 Å². The van der Waals surface area contributed by atoms with E-state index in [9.17, 15) is 19.7 Å². The van der Waals surface area contributed by atoms with Crippen molar-refractivity contribution in [1.29, 1.82) is 0 Å². The van der Waals surface area contributed by atoms with Crippen LogP contribution in [0.25, 0.3) is 11.1 Å². The molecule has 0 aliphatic rings. The third-order valence-corrected chi connectivity index (χ3v) is 4.05. The van der Waals surface area contributed by atoms with Gasteiger partial charge in [-0.25, -0.2) is 4.79 Å². The molecule has 3 aromatic rings. The molecule has 122 valence electrons. The number of hydrogen-bond acceptors (Lipinski definition) is 6. The van der Waals surface area contributed by atoms with Crippen LogP contribution in [0.3, 0.4) is 0 Å². The molecule has 2 N–H and O–H groups in total. The average Bonchev–Trinajstić information content (AvgIpc) is 2.93. The Hall–Kier alpha value is -3.07. The minimum atomic E-state index is -0.609. The van der Waals surface area contributed by atoms with E-state index >= 15 is 0 Å². The van der Waals surface area contributed by atoms with Gasteiger partial charge in [-0.15, -0.1) is 11.8 Å². The number of fused-ring (bicyclic) bond motifs is 1. The first-order valence-electron chi connectivity index (χ1n) is 6.74. The fourth-order valence-corrected chi connectivity index (χ4v) is 2.65. The summed E-state index contributed by atoms with van der Waals surface area (Å²) in [6.07, 6.45) is 1.81. The minimum absolute atomic E-state index is 0.0346. The molecule has 2 aromatic carbocycles. The van der Waals surface area contributed by atoms with Gasteiger partial charge in [0.2, 0.25) is 0 Å². The van der Waals surface area contributed by atoms with Crippen LogP contribution in [0.5, 0.6) is 0 Å². The Kier molecular flexibility index (Phi) is 4.09. The van der Waals surface area contributed by atoms with E-state index in [1.165, 1.54) is 36.0 Å². The number of rotatable bonds is 4. The third kappa shape index (κ3) is 3.01. The second kappa shape index (κ2) is 6.20. The van der Waals surface area contributed by atoms with Crippen LogP contribution >= 0.6 is 11.8 Å². The second-order valence-corrected chi connectivity index (χ2v) is 5.70. The number of nitrogens with zero attached hydrogens (tertiary/aromatic N) is 1. The third-order valence-electron chi connectivity index (χ3n) is 3.32. The van der Waals surface area contributed by atoms with Crippen molar-refractivity contribution in [3.8, 4) is 0 Å². The first-order chi connectivity index (χ1) is 11.5. The average molecular weight is 345 g/mol. The Morgan fingerprint density at radius 2 is 2.08 bits per heavy atom. The van der Waals surface area contributed by atoms with E-state index in [-0.39, 0.29) is 11.3 Å². The second-order valence-electron chi connectivity index (χ2n) is 4.82. The van der Waals surface area contributed by atoms with Crippen molar-refractivity contribution in [2.24, 2.45) is 0 Å². The molecule has 0 spiro atoms. The number of amides is 1. The van der Waals surface area contributed by atoms with Crippen molar-refractivity contribution < 1.29 is 14.1 Å². The summed E-state index contributed by atoms with van der Waals surface area (Å²) in [7, 11) is 0. The highest BCUT2D eigenvalue weighted by atomic mass is 32.2. The van der Waals surface area contributed by atoms with E-state index in [0.717, 1.165) is 4.90 Å². The zero-order valence-electron chi connectivity index (χ0n) is 12.4. The van der Waals surface area contributed by atoms with Crippen molar-refractivity contribution in [3.05, 3.63) is 62.6 Å². The van der Waals surface area contributed by atoms with Crippen LogP contribution < -0.4 is 11.1 Å². The summed E-state index contributed by atoms with van der Waals surface area (Å²) in [5.74, 6) is -1.21. The zero-order valence-corrected chi connectivity index (χ0v) is 13.2. The van der Waals surface area contributed by atoms with Crippen LogP contribution in [0.15, 0.2) is 50.5 Å². The molecule has 0 saturated carbocycles. The lowest BCUT2D eigenvalue weighted by atomic mass is 10.1. The van der Waals surface area contributed by atoms with E-state index in [4.69, 9.17) is 4.42 Å². The first kappa shape index (κ1) is 15.8. The van der Waals surface area contributed by atoms with Crippen LogP contribution in [-0.2, 0) is 0 Å².